The fourth-order valence-corrected chi connectivity index (χ4v) is 7.89. The lowest BCUT2D eigenvalue weighted by Gasteiger charge is -2.58. The number of carbonyl (C=O) groups is 3. The summed E-state index contributed by atoms with van der Waals surface area (Å²) >= 11 is 0. The number of rotatable bonds is 8. The molecule has 4 rings (SSSR count). The van der Waals surface area contributed by atoms with Crippen molar-refractivity contribution in [3.63, 3.8) is 0 Å². The molecule has 0 spiro atoms. The smallest absolute Gasteiger partial charge is 0.306 e. The maximum absolute atomic E-state index is 12.9. The van der Waals surface area contributed by atoms with E-state index >= 15 is 0 Å². The summed E-state index contributed by atoms with van der Waals surface area (Å²) in [6.07, 6.45) is 13.9. The van der Waals surface area contributed by atoms with Gasteiger partial charge in [0.15, 0.2) is 0 Å². The predicted octanol–water partition coefficient (Wildman–Crippen LogP) is 6.33. The van der Waals surface area contributed by atoms with E-state index in [0.717, 1.165) is 51.4 Å². The van der Waals surface area contributed by atoms with Gasteiger partial charge in [-0.2, -0.15) is 0 Å². The van der Waals surface area contributed by atoms with Gasteiger partial charge in [0.25, 0.3) is 0 Å². The van der Waals surface area contributed by atoms with Gasteiger partial charge < -0.3 is 9.47 Å². The zero-order chi connectivity index (χ0) is 24.5. The first kappa shape index (κ1) is 25.4. The van der Waals surface area contributed by atoms with Gasteiger partial charge in [0.1, 0.15) is 18.0 Å². The lowest BCUT2D eigenvalue weighted by molar-refractivity contribution is -0.161. The van der Waals surface area contributed by atoms with E-state index in [1.165, 1.54) is 31.8 Å². The van der Waals surface area contributed by atoms with Crippen molar-refractivity contribution in [2.45, 2.75) is 123 Å². The predicted molar refractivity (Wildman–Crippen MR) is 131 cm³/mol. The van der Waals surface area contributed by atoms with Crippen molar-refractivity contribution in [2.75, 3.05) is 0 Å². The van der Waals surface area contributed by atoms with Crippen LogP contribution in [0.25, 0.3) is 0 Å². The van der Waals surface area contributed by atoms with Gasteiger partial charge in [-0.25, -0.2) is 0 Å². The first-order valence-electron chi connectivity index (χ1n) is 13.8. The van der Waals surface area contributed by atoms with Crippen molar-refractivity contribution in [1.82, 2.24) is 0 Å². The third kappa shape index (κ3) is 4.73. The molecule has 5 heteroatoms. The standard InChI is InChI=1S/C29H44O5/c1-5-6-7-8-9-10-26(32)34-24-18-20-17-21(33-19(2)30)13-15-28(20,3)23-14-16-29(4)22(27(23)24)11-12-25(29)31/h18,21-24,27H,5-17H2,1-4H3/t21-,22?,23?,24+,27?,28-,29-/m0/s1. The Morgan fingerprint density at radius 1 is 0.971 bits per heavy atom. The second-order valence-electron chi connectivity index (χ2n) is 11.9. The Morgan fingerprint density at radius 3 is 2.41 bits per heavy atom. The molecule has 34 heavy (non-hydrogen) atoms. The number of ether oxygens (including phenoxy) is 2. The molecule has 3 saturated carbocycles. The van der Waals surface area contributed by atoms with Gasteiger partial charge >= 0.3 is 11.9 Å². The average Bonchev–Trinajstić information content (AvgIpc) is 3.08. The molecule has 4 aliphatic carbocycles. The van der Waals surface area contributed by atoms with E-state index < -0.39 is 0 Å². The van der Waals surface area contributed by atoms with E-state index in [0.29, 0.717) is 24.5 Å². The molecule has 0 aliphatic heterocycles. The summed E-state index contributed by atoms with van der Waals surface area (Å²) in [5.41, 5.74) is 1.04. The zero-order valence-electron chi connectivity index (χ0n) is 21.7. The van der Waals surface area contributed by atoms with Gasteiger partial charge in [0.2, 0.25) is 0 Å². The van der Waals surface area contributed by atoms with Crippen LogP contribution in [0.1, 0.15) is 111 Å². The Kier molecular flexibility index (Phi) is 7.59. The zero-order valence-corrected chi connectivity index (χ0v) is 21.7. The molecule has 0 aromatic heterocycles. The fraction of sp³-hybridized carbons (Fsp3) is 0.828. The second-order valence-corrected chi connectivity index (χ2v) is 11.9. The molecular weight excluding hydrogens is 428 g/mol. The molecule has 0 radical (unpaired) electrons. The third-order valence-corrected chi connectivity index (χ3v) is 9.86. The van der Waals surface area contributed by atoms with E-state index in [1.807, 2.05) is 0 Å². The van der Waals surface area contributed by atoms with Crippen LogP contribution in [0.5, 0.6) is 0 Å². The summed E-state index contributed by atoms with van der Waals surface area (Å²) in [6.45, 7) is 8.20. The Morgan fingerprint density at radius 2 is 1.68 bits per heavy atom. The Balaban J connectivity index is 1.57. The number of unbranched alkanes of at least 4 members (excludes halogenated alkanes) is 4. The first-order valence-corrected chi connectivity index (χ1v) is 13.8. The number of Topliss-reactive ketones (excluding diaryl/α,β-unsaturated/α-hetero) is 1. The van der Waals surface area contributed by atoms with Crippen molar-refractivity contribution in [3.8, 4) is 0 Å². The van der Waals surface area contributed by atoms with Gasteiger partial charge in [-0.05, 0) is 61.9 Å². The van der Waals surface area contributed by atoms with Gasteiger partial charge in [0, 0.05) is 37.5 Å². The van der Waals surface area contributed by atoms with E-state index in [2.05, 4.69) is 26.8 Å². The highest BCUT2D eigenvalue weighted by atomic mass is 16.5. The third-order valence-electron chi connectivity index (χ3n) is 9.86. The molecule has 0 aromatic rings. The molecule has 0 N–H and O–H groups in total. The van der Waals surface area contributed by atoms with Crippen LogP contribution in [0.2, 0.25) is 0 Å². The normalized spacial score (nSPS) is 38.9. The van der Waals surface area contributed by atoms with Crippen molar-refractivity contribution in [3.05, 3.63) is 11.6 Å². The molecule has 7 atom stereocenters. The Labute approximate surface area is 205 Å². The molecule has 0 aromatic carbocycles. The van der Waals surface area contributed by atoms with Gasteiger partial charge in [-0.15, -0.1) is 0 Å². The maximum Gasteiger partial charge on any atom is 0.306 e. The first-order chi connectivity index (χ1) is 16.2. The van der Waals surface area contributed by atoms with Crippen LogP contribution in [0.4, 0.5) is 0 Å². The minimum atomic E-state index is -0.275. The van der Waals surface area contributed by atoms with Crippen molar-refractivity contribution >= 4 is 17.7 Å². The summed E-state index contributed by atoms with van der Waals surface area (Å²) in [7, 11) is 0. The van der Waals surface area contributed by atoms with E-state index in [9.17, 15) is 14.4 Å². The van der Waals surface area contributed by atoms with Crippen LogP contribution in [0, 0.1) is 28.6 Å². The Hall–Kier alpha value is -1.65. The molecule has 3 fully saturated rings. The van der Waals surface area contributed by atoms with Crippen molar-refractivity contribution in [1.29, 1.82) is 0 Å². The highest BCUT2D eigenvalue weighted by Gasteiger charge is 2.61. The number of fused-ring (bicyclic) bond motifs is 5. The lowest BCUT2D eigenvalue weighted by atomic mass is 9.47. The lowest BCUT2D eigenvalue weighted by Crippen LogP contribution is -2.55. The quantitative estimate of drug-likeness (QED) is 0.234. The monoisotopic (exact) mass is 472 g/mol. The molecule has 0 heterocycles. The number of esters is 2. The molecular formula is C29H44O5. The maximum atomic E-state index is 12.9. The molecule has 0 saturated heterocycles. The minimum absolute atomic E-state index is 0.0251. The van der Waals surface area contributed by atoms with E-state index in [-0.39, 0.29) is 46.8 Å². The van der Waals surface area contributed by atoms with E-state index in [4.69, 9.17) is 9.47 Å². The fourth-order valence-electron chi connectivity index (χ4n) is 7.89. The molecule has 5 nitrogen and oxygen atoms in total. The van der Waals surface area contributed by atoms with Crippen molar-refractivity contribution in [2.24, 2.45) is 28.6 Å². The van der Waals surface area contributed by atoms with Crippen LogP contribution >= 0.6 is 0 Å². The number of ketones is 1. The summed E-state index contributed by atoms with van der Waals surface area (Å²) < 4.78 is 11.8. The number of carbonyl (C=O) groups excluding carboxylic acids is 3. The highest BCUT2D eigenvalue weighted by molar-refractivity contribution is 5.87. The number of hydrogen-bond acceptors (Lipinski definition) is 5. The summed E-state index contributed by atoms with van der Waals surface area (Å²) in [5.74, 6) is 0.944. The van der Waals surface area contributed by atoms with Crippen LogP contribution in [0.3, 0.4) is 0 Å². The number of hydrogen-bond donors (Lipinski definition) is 0. The summed E-state index contributed by atoms with van der Waals surface area (Å²) in [5, 5.41) is 0. The van der Waals surface area contributed by atoms with Crippen molar-refractivity contribution < 1.29 is 23.9 Å². The second kappa shape index (κ2) is 10.1. The van der Waals surface area contributed by atoms with E-state index in [1.54, 1.807) is 0 Å². The molecule has 3 unspecified atom stereocenters. The van der Waals surface area contributed by atoms with Crippen LogP contribution in [-0.4, -0.2) is 29.9 Å². The Bertz CT molecular complexity index is 830. The summed E-state index contributed by atoms with van der Waals surface area (Å²) in [6, 6.07) is 0. The van der Waals surface area contributed by atoms with Gasteiger partial charge in [0.05, 0.1) is 0 Å². The molecule has 0 bridgehead atoms. The van der Waals surface area contributed by atoms with Gasteiger partial charge in [-0.3, -0.25) is 14.4 Å². The molecule has 0 amide bonds. The molecule has 190 valence electrons. The van der Waals surface area contributed by atoms with Crippen LogP contribution < -0.4 is 0 Å². The molecule has 4 aliphatic rings. The summed E-state index contributed by atoms with van der Waals surface area (Å²) in [4.78, 5) is 37.4. The highest BCUT2D eigenvalue weighted by Crippen LogP contribution is 2.64. The largest absolute Gasteiger partial charge is 0.462 e. The van der Waals surface area contributed by atoms with Crippen LogP contribution in [-0.2, 0) is 23.9 Å². The topological polar surface area (TPSA) is 69.7 Å². The van der Waals surface area contributed by atoms with Gasteiger partial charge in [-0.1, -0.05) is 52.0 Å². The van der Waals surface area contributed by atoms with Crippen LogP contribution in [0.15, 0.2) is 11.6 Å². The SMILES string of the molecule is CCCCCCCC(=O)O[C@@H]1C=C2C[C@@H](OC(C)=O)CC[C@]2(C)C2CC[C@]3(C)C(=O)CCC3C21. The average molecular weight is 473 g/mol. The minimum Gasteiger partial charge on any atom is -0.462 e.